The minimum absolute atomic E-state index is 0.165. The summed E-state index contributed by atoms with van der Waals surface area (Å²) < 4.78 is 0. The second kappa shape index (κ2) is 5.90. The van der Waals surface area contributed by atoms with E-state index in [-0.39, 0.29) is 10.6 Å². The third-order valence-electron chi connectivity index (χ3n) is 3.28. The van der Waals surface area contributed by atoms with E-state index in [0.29, 0.717) is 17.3 Å². The summed E-state index contributed by atoms with van der Waals surface area (Å²) in [4.78, 5) is 12.9. The second-order valence-corrected chi connectivity index (χ2v) is 6.04. The Morgan fingerprint density at radius 2 is 2.16 bits per heavy atom. The molecule has 1 aliphatic carbocycles. The van der Waals surface area contributed by atoms with Crippen LogP contribution in [0.2, 0.25) is 0 Å². The molecule has 0 unspecified atom stereocenters. The van der Waals surface area contributed by atoms with Crippen LogP contribution in [0.15, 0.2) is 18.2 Å². The van der Waals surface area contributed by atoms with Crippen LogP contribution in [0.25, 0.3) is 0 Å². The van der Waals surface area contributed by atoms with Gasteiger partial charge in [0.2, 0.25) is 0 Å². The number of hydrogen-bond donors (Lipinski definition) is 0. The summed E-state index contributed by atoms with van der Waals surface area (Å²) in [5.74, 6) is 0.582. The van der Waals surface area contributed by atoms with Crippen LogP contribution in [0.5, 0.6) is 0 Å². The zero-order valence-electron chi connectivity index (χ0n) is 11.3. The Hall–Kier alpha value is -1.10. The Morgan fingerprint density at radius 1 is 1.47 bits per heavy atom. The zero-order chi connectivity index (χ0) is 14.0. The van der Waals surface area contributed by atoms with Crippen LogP contribution in [0, 0.1) is 16.0 Å². The largest absolute Gasteiger partial charge is 0.368 e. The normalized spacial score (nSPS) is 14.7. The molecule has 104 valence electrons. The number of alkyl halides is 1. The smallest absolute Gasteiger partial charge is 0.269 e. The predicted octanol–water partition coefficient (Wildman–Crippen LogP) is 4.11. The molecule has 5 heteroatoms. The zero-order valence-corrected chi connectivity index (χ0v) is 12.9. The molecule has 0 bridgehead atoms. The van der Waals surface area contributed by atoms with Crippen molar-refractivity contribution in [1.29, 1.82) is 0 Å². The van der Waals surface area contributed by atoms with Gasteiger partial charge in [-0.3, -0.25) is 10.1 Å². The first-order valence-electron chi connectivity index (χ1n) is 6.63. The van der Waals surface area contributed by atoms with Crippen LogP contribution in [0.1, 0.15) is 32.3 Å². The molecule has 0 saturated heterocycles. The Morgan fingerprint density at radius 3 is 2.63 bits per heavy atom. The number of hydrogen-bond acceptors (Lipinski definition) is 3. The van der Waals surface area contributed by atoms with Crippen molar-refractivity contribution in [1.82, 2.24) is 0 Å². The van der Waals surface area contributed by atoms with Crippen LogP contribution in [-0.2, 0) is 5.33 Å². The summed E-state index contributed by atoms with van der Waals surface area (Å²) in [6, 6.07) is 5.80. The number of anilines is 1. The number of halogens is 1. The minimum atomic E-state index is -0.333. The minimum Gasteiger partial charge on any atom is -0.368 e. The van der Waals surface area contributed by atoms with Gasteiger partial charge >= 0.3 is 0 Å². The SMILES string of the molecule is CC(C)CN(c1ccc([N+](=O)[O-])cc1CBr)C1CC1. The number of non-ortho nitro benzene ring substituents is 1. The van der Waals surface area contributed by atoms with E-state index >= 15 is 0 Å². The van der Waals surface area contributed by atoms with Gasteiger partial charge in [-0.1, -0.05) is 29.8 Å². The highest BCUT2D eigenvalue weighted by atomic mass is 79.9. The van der Waals surface area contributed by atoms with Crippen LogP contribution in [-0.4, -0.2) is 17.5 Å². The first-order valence-corrected chi connectivity index (χ1v) is 7.75. The molecule has 0 N–H and O–H groups in total. The Kier molecular flexibility index (Phi) is 4.45. The van der Waals surface area contributed by atoms with Crippen molar-refractivity contribution < 1.29 is 4.92 Å². The Balaban J connectivity index is 2.33. The molecule has 0 atom stereocenters. The lowest BCUT2D eigenvalue weighted by Crippen LogP contribution is -2.30. The lowest BCUT2D eigenvalue weighted by atomic mass is 10.1. The average Bonchev–Trinajstić information content (AvgIpc) is 3.19. The topological polar surface area (TPSA) is 46.4 Å². The highest BCUT2D eigenvalue weighted by molar-refractivity contribution is 9.08. The van der Waals surface area contributed by atoms with Crippen molar-refractivity contribution in [3.63, 3.8) is 0 Å². The number of nitrogens with zero attached hydrogens (tertiary/aromatic N) is 2. The maximum Gasteiger partial charge on any atom is 0.269 e. The van der Waals surface area contributed by atoms with E-state index in [9.17, 15) is 10.1 Å². The Bertz CT molecular complexity index is 473. The van der Waals surface area contributed by atoms with Gasteiger partial charge in [0.1, 0.15) is 0 Å². The molecule has 0 aliphatic heterocycles. The molecule has 4 nitrogen and oxygen atoms in total. The lowest BCUT2D eigenvalue weighted by Gasteiger charge is -2.28. The standard InChI is InChI=1S/C14H19BrN2O2/c1-10(2)9-16(12-3-4-12)14-6-5-13(17(18)19)7-11(14)8-15/h5-7,10,12H,3-4,8-9H2,1-2H3. The average molecular weight is 327 g/mol. The summed E-state index contributed by atoms with van der Waals surface area (Å²) in [5, 5.41) is 11.5. The van der Waals surface area contributed by atoms with E-state index in [1.807, 2.05) is 6.07 Å². The fraction of sp³-hybridized carbons (Fsp3) is 0.571. The quantitative estimate of drug-likeness (QED) is 0.449. The number of nitro groups is 1. The molecule has 1 saturated carbocycles. The fourth-order valence-electron chi connectivity index (χ4n) is 2.30. The molecule has 19 heavy (non-hydrogen) atoms. The molecule has 0 spiro atoms. The van der Waals surface area contributed by atoms with Crippen molar-refractivity contribution in [2.45, 2.75) is 38.1 Å². The summed E-state index contributed by atoms with van der Waals surface area (Å²) >= 11 is 3.45. The maximum atomic E-state index is 10.9. The molecule has 0 heterocycles. The van der Waals surface area contributed by atoms with Crippen molar-refractivity contribution in [2.24, 2.45) is 5.92 Å². The van der Waals surface area contributed by atoms with Gasteiger partial charge in [-0.2, -0.15) is 0 Å². The first-order chi connectivity index (χ1) is 9.02. The van der Waals surface area contributed by atoms with E-state index in [2.05, 4.69) is 34.7 Å². The highest BCUT2D eigenvalue weighted by Crippen LogP contribution is 2.36. The second-order valence-electron chi connectivity index (χ2n) is 5.48. The maximum absolute atomic E-state index is 10.9. The third kappa shape index (κ3) is 3.47. The van der Waals surface area contributed by atoms with Gasteiger partial charge in [0.15, 0.2) is 0 Å². The van der Waals surface area contributed by atoms with Gasteiger partial charge < -0.3 is 4.90 Å². The van der Waals surface area contributed by atoms with Gasteiger partial charge in [0.05, 0.1) is 4.92 Å². The van der Waals surface area contributed by atoms with Crippen LogP contribution in [0.4, 0.5) is 11.4 Å². The summed E-state index contributed by atoms with van der Waals surface area (Å²) in [6.45, 7) is 5.41. The van der Waals surface area contributed by atoms with E-state index in [1.54, 1.807) is 12.1 Å². The molecule has 0 aromatic heterocycles. The van der Waals surface area contributed by atoms with Crippen molar-refractivity contribution in [3.8, 4) is 0 Å². The monoisotopic (exact) mass is 326 g/mol. The fourth-order valence-corrected chi connectivity index (χ4v) is 2.75. The van der Waals surface area contributed by atoms with Crippen molar-refractivity contribution in [3.05, 3.63) is 33.9 Å². The van der Waals surface area contributed by atoms with E-state index in [1.165, 1.54) is 12.8 Å². The third-order valence-corrected chi connectivity index (χ3v) is 3.88. The van der Waals surface area contributed by atoms with Gasteiger partial charge in [-0.15, -0.1) is 0 Å². The molecule has 0 amide bonds. The lowest BCUT2D eigenvalue weighted by molar-refractivity contribution is -0.384. The van der Waals surface area contributed by atoms with E-state index in [0.717, 1.165) is 17.8 Å². The Labute approximate surface area is 122 Å². The summed E-state index contributed by atoms with van der Waals surface area (Å²) in [7, 11) is 0. The molecule has 1 aliphatic rings. The molecular formula is C14H19BrN2O2. The number of nitro benzene ring substituents is 1. The molecule has 0 radical (unpaired) electrons. The van der Waals surface area contributed by atoms with Gasteiger partial charge in [-0.05, 0) is 30.4 Å². The van der Waals surface area contributed by atoms with Crippen LogP contribution in [0.3, 0.4) is 0 Å². The molecule has 2 rings (SSSR count). The van der Waals surface area contributed by atoms with Crippen LogP contribution >= 0.6 is 15.9 Å². The first kappa shape index (κ1) is 14.3. The molecule has 1 aromatic carbocycles. The van der Waals surface area contributed by atoms with Crippen molar-refractivity contribution in [2.75, 3.05) is 11.4 Å². The molecule has 1 aromatic rings. The number of rotatable bonds is 6. The highest BCUT2D eigenvalue weighted by Gasteiger charge is 2.31. The number of benzene rings is 1. The van der Waals surface area contributed by atoms with Crippen molar-refractivity contribution >= 4 is 27.3 Å². The summed E-state index contributed by atoms with van der Waals surface area (Å²) in [5.41, 5.74) is 2.30. The van der Waals surface area contributed by atoms with Crippen LogP contribution < -0.4 is 4.90 Å². The van der Waals surface area contributed by atoms with Gasteiger partial charge in [-0.25, -0.2) is 0 Å². The van der Waals surface area contributed by atoms with Gasteiger partial charge in [0.25, 0.3) is 5.69 Å². The van der Waals surface area contributed by atoms with Gasteiger partial charge in [0, 0.05) is 35.7 Å². The van der Waals surface area contributed by atoms with E-state index < -0.39 is 0 Å². The molecular weight excluding hydrogens is 308 g/mol. The predicted molar refractivity (Wildman–Crippen MR) is 80.9 cm³/mol. The summed E-state index contributed by atoms with van der Waals surface area (Å²) in [6.07, 6.45) is 2.46. The van der Waals surface area contributed by atoms with E-state index in [4.69, 9.17) is 0 Å². The molecule has 1 fully saturated rings.